The smallest absolute Gasteiger partial charge is 0.375 e. The topological polar surface area (TPSA) is 59.1 Å². The predicted molar refractivity (Wildman–Crippen MR) is 74.7 cm³/mol. The summed E-state index contributed by atoms with van der Waals surface area (Å²) in [7, 11) is 0. The van der Waals surface area contributed by atoms with Crippen LogP contribution in [0.25, 0.3) is 10.9 Å². The molecular formula is C15H17F3N2O. The molecule has 0 saturated heterocycles. The van der Waals surface area contributed by atoms with Crippen molar-refractivity contribution in [1.82, 2.24) is 4.98 Å². The lowest BCUT2D eigenvalue weighted by Gasteiger charge is -2.35. The van der Waals surface area contributed by atoms with Crippen LogP contribution in [0.2, 0.25) is 0 Å². The Bertz CT molecular complexity index is 657. The van der Waals surface area contributed by atoms with Crippen LogP contribution in [0.5, 0.6) is 0 Å². The molecule has 2 atom stereocenters. The van der Waals surface area contributed by atoms with Gasteiger partial charge in [0.05, 0.1) is 5.52 Å². The molecule has 2 aromatic rings. The number of rotatable bonds is 3. The highest BCUT2D eigenvalue weighted by Gasteiger charge is 2.58. The van der Waals surface area contributed by atoms with Crippen molar-refractivity contribution in [2.45, 2.75) is 38.1 Å². The minimum atomic E-state index is -4.85. The maximum absolute atomic E-state index is 13.3. The third-order valence-corrected chi connectivity index (χ3v) is 3.68. The van der Waals surface area contributed by atoms with E-state index in [1.807, 2.05) is 0 Å². The summed E-state index contributed by atoms with van der Waals surface area (Å²) >= 11 is 0. The second-order valence-corrected chi connectivity index (χ2v) is 5.14. The number of pyridine rings is 1. The van der Waals surface area contributed by atoms with Crippen molar-refractivity contribution in [3.63, 3.8) is 0 Å². The van der Waals surface area contributed by atoms with Crippen LogP contribution in [-0.2, 0) is 5.60 Å². The molecule has 0 spiro atoms. The molecular weight excluding hydrogens is 281 g/mol. The summed E-state index contributed by atoms with van der Waals surface area (Å²) in [5, 5.41) is 10.8. The molecule has 1 aromatic heterocycles. The third kappa shape index (κ3) is 2.61. The fourth-order valence-corrected chi connectivity index (χ4v) is 2.35. The van der Waals surface area contributed by atoms with E-state index in [0.717, 1.165) is 5.69 Å². The summed E-state index contributed by atoms with van der Waals surface area (Å²) < 4.78 is 40.0. The summed E-state index contributed by atoms with van der Waals surface area (Å²) in [6.07, 6.45) is -4.85. The Kier molecular flexibility index (Phi) is 3.95. The van der Waals surface area contributed by atoms with Crippen molar-refractivity contribution < 1.29 is 18.3 Å². The van der Waals surface area contributed by atoms with Gasteiger partial charge < -0.3 is 10.8 Å². The van der Waals surface area contributed by atoms with Crippen LogP contribution in [-0.4, -0.2) is 22.3 Å². The van der Waals surface area contributed by atoms with Gasteiger partial charge in [0.15, 0.2) is 0 Å². The number of benzene rings is 1. The van der Waals surface area contributed by atoms with E-state index in [0.29, 0.717) is 10.9 Å². The molecule has 0 radical (unpaired) electrons. The Balaban J connectivity index is 2.63. The molecule has 1 aromatic carbocycles. The summed E-state index contributed by atoms with van der Waals surface area (Å²) in [5.74, 6) is 0. The van der Waals surface area contributed by atoms with Crippen LogP contribution < -0.4 is 5.73 Å². The molecule has 0 aliphatic carbocycles. The molecule has 2 unspecified atom stereocenters. The van der Waals surface area contributed by atoms with Crippen LogP contribution in [0.3, 0.4) is 0 Å². The van der Waals surface area contributed by atoms with Crippen LogP contribution >= 0.6 is 0 Å². The summed E-state index contributed by atoms with van der Waals surface area (Å²) in [4.78, 5) is 4.23. The molecule has 0 amide bonds. The SMILES string of the molecule is CCC(N)C(O)(c1ccc2nc(C)ccc2c1)C(F)(F)F. The predicted octanol–water partition coefficient (Wildman–Crippen LogP) is 3.03. The van der Waals surface area contributed by atoms with Gasteiger partial charge >= 0.3 is 6.18 Å². The number of nitrogens with two attached hydrogens (primary N) is 1. The Hall–Kier alpha value is -1.66. The molecule has 21 heavy (non-hydrogen) atoms. The van der Waals surface area contributed by atoms with Crippen LogP contribution in [0, 0.1) is 6.92 Å². The van der Waals surface area contributed by atoms with Crippen molar-refractivity contribution in [1.29, 1.82) is 0 Å². The molecule has 0 saturated carbocycles. The van der Waals surface area contributed by atoms with Gasteiger partial charge in [-0.15, -0.1) is 0 Å². The van der Waals surface area contributed by atoms with Crippen LogP contribution in [0.1, 0.15) is 24.6 Å². The van der Waals surface area contributed by atoms with Crippen molar-refractivity contribution in [2.75, 3.05) is 0 Å². The van der Waals surface area contributed by atoms with Gasteiger partial charge in [0, 0.05) is 17.1 Å². The lowest BCUT2D eigenvalue weighted by molar-refractivity contribution is -0.274. The maximum Gasteiger partial charge on any atom is 0.422 e. The van der Waals surface area contributed by atoms with Crippen molar-refractivity contribution in [2.24, 2.45) is 5.73 Å². The van der Waals surface area contributed by atoms with Gasteiger partial charge in [-0.2, -0.15) is 13.2 Å². The average molecular weight is 298 g/mol. The monoisotopic (exact) mass is 298 g/mol. The number of aromatic nitrogens is 1. The van der Waals surface area contributed by atoms with E-state index < -0.39 is 17.8 Å². The number of fused-ring (bicyclic) bond motifs is 1. The Labute approximate surface area is 120 Å². The highest BCUT2D eigenvalue weighted by atomic mass is 19.4. The number of alkyl halides is 3. The van der Waals surface area contributed by atoms with Crippen LogP contribution in [0.4, 0.5) is 13.2 Å². The molecule has 0 aliphatic rings. The molecule has 3 N–H and O–H groups in total. The van der Waals surface area contributed by atoms with E-state index in [1.54, 1.807) is 19.1 Å². The van der Waals surface area contributed by atoms with Crippen molar-refractivity contribution in [3.05, 3.63) is 41.6 Å². The number of hydrogen-bond donors (Lipinski definition) is 2. The minimum absolute atomic E-state index is 0.000193. The van der Waals surface area contributed by atoms with E-state index in [9.17, 15) is 18.3 Å². The molecule has 2 rings (SSSR count). The number of hydrogen-bond acceptors (Lipinski definition) is 3. The molecule has 0 aliphatic heterocycles. The molecule has 0 fully saturated rings. The molecule has 6 heteroatoms. The number of aryl methyl sites for hydroxylation is 1. The fraction of sp³-hybridized carbons (Fsp3) is 0.400. The second kappa shape index (κ2) is 5.27. The maximum atomic E-state index is 13.3. The zero-order valence-corrected chi connectivity index (χ0v) is 11.8. The molecule has 3 nitrogen and oxygen atoms in total. The fourth-order valence-electron chi connectivity index (χ4n) is 2.35. The molecule has 1 heterocycles. The first-order valence-electron chi connectivity index (χ1n) is 6.62. The zero-order chi connectivity index (χ0) is 15.8. The molecule has 114 valence electrons. The summed E-state index contributed by atoms with van der Waals surface area (Å²) in [6.45, 7) is 3.31. The highest BCUT2D eigenvalue weighted by Crippen LogP contribution is 2.42. The van der Waals surface area contributed by atoms with Gasteiger partial charge in [-0.3, -0.25) is 4.98 Å². The van der Waals surface area contributed by atoms with Gasteiger partial charge in [0.2, 0.25) is 5.60 Å². The van der Waals surface area contributed by atoms with Gasteiger partial charge in [-0.05, 0) is 37.1 Å². The molecule has 0 bridgehead atoms. The van der Waals surface area contributed by atoms with E-state index in [4.69, 9.17) is 5.73 Å². The standard InChI is InChI=1S/C15H17F3N2O/c1-3-13(19)14(21,15(16,17)18)11-6-7-12-10(8-11)5-4-9(2)20-12/h4-8,13,21H,3,19H2,1-2H3. The summed E-state index contributed by atoms with van der Waals surface area (Å²) in [6, 6.07) is 5.95. The first kappa shape index (κ1) is 15.7. The zero-order valence-electron chi connectivity index (χ0n) is 11.8. The third-order valence-electron chi connectivity index (χ3n) is 3.68. The highest BCUT2D eigenvalue weighted by molar-refractivity contribution is 5.79. The van der Waals surface area contributed by atoms with E-state index >= 15 is 0 Å². The number of aliphatic hydroxyl groups is 1. The van der Waals surface area contributed by atoms with Gasteiger partial charge in [0.25, 0.3) is 0 Å². The first-order chi connectivity index (χ1) is 9.70. The van der Waals surface area contributed by atoms with Crippen molar-refractivity contribution in [3.8, 4) is 0 Å². The largest absolute Gasteiger partial charge is 0.422 e. The van der Waals surface area contributed by atoms with Crippen molar-refractivity contribution >= 4 is 10.9 Å². The first-order valence-corrected chi connectivity index (χ1v) is 6.62. The Morgan fingerprint density at radius 3 is 2.48 bits per heavy atom. The normalized spacial score (nSPS) is 16.7. The Morgan fingerprint density at radius 2 is 1.90 bits per heavy atom. The van der Waals surface area contributed by atoms with Gasteiger partial charge in [0.1, 0.15) is 0 Å². The van der Waals surface area contributed by atoms with Gasteiger partial charge in [-0.25, -0.2) is 0 Å². The van der Waals surface area contributed by atoms with Gasteiger partial charge in [-0.1, -0.05) is 19.1 Å². The van der Waals surface area contributed by atoms with Crippen LogP contribution in [0.15, 0.2) is 30.3 Å². The average Bonchev–Trinajstić information content (AvgIpc) is 2.43. The minimum Gasteiger partial charge on any atom is -0.375 e. The Morgan fingerprint density at radius 1 is 1.24 bits per heavy atom. The number of nitrogens with zero attached hydrogens (tertiary/aromatic N) is 1. The van der Waals surface area contributed by atoms with E-state index in [1.165, 1.54) is 25.1 Å². The second-order valence-electron chi connectivity index (χ2n) is 5.14. The quantitative estimate of drug-likeness (QED) is 0.915. The lowest BCUT2D eigenvalue weighted by Crippen LogP contribution is -2.55. The number of halogens is 3. The lowest BCUT2D eigenvalue weighted by atomic mass is 9.84. The van der Waals surface area contributed by atoms with E-state index in [2.05, 4.69) is 4.98 Å². The van der Waals surface area contributed by atoms with E-state index in [-0.39, 0.29) is 12.0 Å². The summed E-state index contributed by atoms with van der Waals surface area (Å²) in [5.41, 5.74) is 3.57.